The lowest BCUT2D eigenvalue weighted by molar-refractivity contribution is 0.0827. The van der Waals surface area contributed by atoms with E-state index in [9.17, 15) is 9.59 Å². The standard InChI is InChI=1S/C15H12BrCl2N3O2/c1-21(2)15(23)8-5-10(17)13(11(18)6-8)14(22)20-9-3-4-19-12(16)7-9/h3-7H,1-2H3,(H,19,20,22). The van der Waals surface area contributed by atoms with Crippen LogP contribution in [0.5, 0.6) is 0 Å². The van der Waals surface area contributed by atoms with Gasteiger partial charge in [-0.05, 0) is 40.2 Å². The van der Waals surface area contributed by atoms with E-state index in [0.29, 0.717) is 15.9 Å². The van der Waals surface area contributed by atoms with Crippen molar-refractivity contribution < 1.29 is 9.59 Å². The summed E-state index contributed by atoms with van der Waals surface area (Å²) in [7, 11) is 3.23. The molecule has 1 aromatic heterocycles. The Morgan fingerprint density at radius 1 is 1.17 bits per heavy atom. The van der Waals surface area contributed by atoms with Gasteiger partial charge in [0.15, 0.2) is 0 Å². The van der Waals surface area contributed by atoms with Crippen molar-refractivity contribution in [2.75, 3.05) is 19.4 Å². The predicted octanol–water partition coefficient (Wildman–Crippen LogP) is 4.11. The molecule has 2 rings (SSSR count). The minimum absolute atomic E-state index is 0.105. The maximum atomic E-state index is 12.4. The number of anilines is 1. The number of aromatic nitrogens is 1. The second kappa shape index (κ2) is 7.29. The van der Waals surface area contributed by atoms with Crippen LogP contribution in [-0.4, -0.2) is 35.8 Å². The Labute approximate surface area is 151 Å². The lowest BCUT2D eigenvalue weighted by Crippen LogP contribution is -2.22. The van der Waals surface area contributed by atoms with E-state index in [0.717, 1.165) is 0 Å². The second-order valence-corrected chi connectivity index (χ2v) is 6.46. The molecule has 0 fully saturated rings. The highest BCUT2D eigenvalue weighted by atomic mass is 79.9. The van der Waals surface area contributed by atoms with Gasteiger partial charge in [-0.2, -0.15) is 0 Å². The molecule has 0 aliphatic rings. The Bertz CT molecular complexity index is 758. The first-order valence-electron chi connectivity index (χ1n) is 6.43. The molecule has 0 bridgehead atoms. The number of amides is 2. The van der Waals surface area contributed by atoms with Crippen LogP contribution in [-0.2, 0) is 0 Å². The molecule has 0 radical (unpaired) electrons. The van der Waals surface area contributed by atoms with E-state index >= 15 is 0 Å². The molecule has 0 saturated carbocycles. The highest BCUT2D eigenvalue weighted by Gasteiger charge is 2.19. The lowest BCUT2D eigenvalue weighted by Gasteiger charge is -2.13. The molecule has 0 unspecified atom stereocenters. The Hall–Kier alpha value is -1.63. The molecular weight excluding hydrogens is 405 g/mol. The summed E-state index contributed by atoms with van der Waals surface area (Å²) in [5.41, 5.74) is 0.960. The van der Waals surface area contributed by atoms with Gasteiger partial charge in [-0.25, -0.2) is 4.98 Å². The fourth-order valence-corrected chi connectivity index (χ4v) is 2.87. The highest BCUT2D eigenvalue weighted by molar-refractivity contribution is 9.10. The van der Waals surface area contributed by atoms with Crippen molar-refractivity contribution >= 4 is 56.6 Å². The number of nitrogens with zero attached hydrogens (tertiary/aromatic N) is 2. The first kappa shape index (κ1) is 17.7. The monoisotopic (exact) mass is 415 g/mol. The summed E-state index contributed by atoms with van der Waals surface area (Å²) in [6.07, 6.45) is 1.54. The van der Waals surface area contributed by atoms with Crippen molar-refractivity contribution in [1.29, 1.82) is 0 Å². The average molecular weight is 417 g/mol. The van der Waals surface area contributed by atoms with Gasteiger partial charge < -0.3 is 10.2 Å². The van der Waals surface area contributed by atoms with Crippen molar-refractivity contribution in [2.24, 2.45) is 0 Å². The Morgan fingerprint density at radius 2 is 1.78 bits per heavy atom. The molecule has 8 heteroatoms. The van der Waals surface area contributed by atoms with Gasteiger partial charge in [0.05, 0.1) is 15.6 Å². The van der Waals surface area contributed by atoms with Crippen molar-refractivity contribution in [1.82, 2.24) is 9.88 Å². The van der Waals surface area contributed by atoms with Crippen molar-refractivity contribution in [2.45, 2.75) is 0 Å². The molecule has 1 heterocycles. The van der Waals surface area contributed by atoms with Crippen LogP contribution in [0, 0.1) is 0 Å². The maximum absolute atomic E-state index is 12.4. The molecule has 0 saturated heterocycles. The van der Waals surface area contributed by atoms with E-state index in [-0.39, 0.29) is 21.5 Å². The summed E-state index contributed by atoms with van der Waals surface area (Å²) in [5, 5.41) is 2.89. The van der Waals surface area contributed by atoms with E-state index in [4.69, 9.17) is 23.2 Å². The number of pyridine rings is 1. The molecule has 0 aliphatic carbocycles. The fourth-order valence-electron chi connectivity index (χ4n) is 1.85. The molecule has 0 aliphatic heterocycles. The topological polar surface area (TPSA) is 62.3 Å². The zero-order valence-electron chi connectivity index (χ0n) is 12.2. The maximum Gasteiger partial charge on any atom is 0.258 e. The summed E-state index contributed by atoms with van der Waals surface area (Å²) in [6, 6.07) is 6.12. The molecule has 0 spiro atoms. The van der Waals surface area contributed by atoms with Gasteiger partial charge in [0.25, 0.3) is 11.8 Å². The number of hydrogen-bond acceptors (Lipinski definition) is 3. The van der Waals surface area contributed by atoms with Crippen LogP contribution in [0.4, 0.5) is 5.69 Å². The van der Waals surface area contributed by atoms with Crippen LogP contribution >= 0.6 is 39.1 Å². The zero-order valence-corrected chi connectivity index (χ0v) is 15.3. The van der Waals surface area contributed by atoms with Crippen molar-refractivity contribution in [3.8, 4) is 0 Å². The van der Waals surface area contributed by atoms with Crippen LogP contribution in [0.15, 0.2) is 35.1 Å². The molecule has 23 heavy (non-hydrogen) atoms. The van der Waals surface area contributed by atoms with E-state index in [1.165, 1.54) is 17.0 Å². The Kier molecular flexibility index (Phi) is 5.62. The van der Waals surface area contributed by atoms with Crippen LogP contribution in [0.3, 0.4) is 0 Å². The summed E-state index contributed by atoms with van der Waals surface area (Å²) in [5.74, 6) is -0.722. The number of nitrogens with one attached hydrogen (secondary N) is 1. The number of rotatable bonds is 3. The van der Waals surface area contributed by atoms with Gasteiger partial charge in [-0.3, -0.25) is 9.59 Å². The Morgan fingerprint density at radius 3 is 2.30 bits per heavy atom. The fraction of sp³-hybridized carbons (Fsp3) is 0.133. The average Bonchev–Trinajstić information content (AvgIpc) is 2.45. The smallest absolute Gasteiger partial charge is 0.258 e. The molecule has 1 aromatic carbocycles. The second-order valence-electron chi connectivity index (χ2n) is 4.84. The minimum Gasteiger partial charge on any atom is -0.345 e. The molecular formula is C15H12BrCl2N3O2. The van der Waals surface area contributed by atoms with Gasteiger partial charge in [0.2, 0.25) is 0 Å². The number of benzene rings is 1. The molecule has 2 aromatic rings. The zero-order chi connectivity index (χ0) is 17.1. The summed E-state index contributed by atoms with van der Waals surface area (Å²) < 4.78 is 0.583. The first-order valence-corrected chi connectivity index (χ1v) is 7.98. The van der Waals surface area contributed by atoms with E-state index < -0.39 is 5.91 Å². The van der Waals surface area contributed by atoms with Crippen LogP contribution < -0.4 is 5.32 Å². The summed E-state index contributed by atoms with van der Waals surface area (Å²) in [4.78, 5) is 29.7. The van der Waals surface area contributed by atoms with Crippen molar-refractivity contribution in [3.05, 3.63) is 56.2 Å². The first-order chi connectivity index (χ1) is 10.8. The lowest BCUT2D eigenvalue weighted by atomic mass is 10.1. The minimum atomic E-state index is -0.470. The quantitative estimate of drug-likeness (QED) is 0.766. The van der Waals surface area contributed by atoms with E-state index in [1.807, 2.05) is 0 Å². The van der Waals surface area contributed by atoms with E-state index in [1.54, 1.807) is 32.4 Å². The van der Waals surface area contributed by atoms with Crippen LogP contribution in [0.1, 0.15) is 20.7 Å². The van der Waals surface area contributed by atoms with E-state index in [2.05, 4.69) is 26.2 Å². The molecule has 1 N–H and O–H groups in total. The number of carbonyl (C=O) groups is 2. The number of carbonyl (C=O) groups excluding carboxylic acids is 2. The van der Waals surface area contributed by atoms with Crippen molar-refractivity contribution in [3.63, 3.8) is 0 Å². The highest BCUT2D eigenvalue weighted by Crippen LogP contribution is 2.28. The van der Waals surface area contributed by atoms with Crippen LogP contribution in [0.25, 0.3) is 0 Å². The normalized spacial score (nSPS) is 10.3. The van der Waals surface area contributed by atoms with Gasteiger partial charge >= 0.3 is 0 Å². The summed E-state index contributed by atoms with van der Waals surface area (Å²) >= 11 is 15.5. The third-order valence-corrected chi connectivity index (χ3v) is 3.94. The molecule has 5 nitrogen and oxygen atoms in total. The summed E-state index contributed by atoms with van der Waals surface area (Å²) in [6.45, 7) is 0. The largest absolute Gasteiger partial charge is 0.345 e. The molecule has 2 amide bonds. The van der Waals surface area contributed by atoms with Gasteiger partial charge in [0.1, 0.15) is 4.60 Å². The third kappa shape index (κ3) is 4.22. The molecule has 120 valence electrons. The van der Waals surface area contributed by atoms with Gasteiger partial charge in [-0.15, -0.1) is 0 Å². The third-order valence-electron chi connectivity index (χ3n) is 2.91. The number of halogens is 3. The molecule has 0 atom stereocenters. The van der Waals surface area contributed by atoms with Gasteiger partial charge in [0, 0.05) is 31.5 Å². The van der Waals surface area contributed by atoms with Crippen LogP contribution in [0.2, 0.25) is 10.0 Å². The number of hydrogen-bond donors (Lipinski definition) is 1. The predicted molar refractivity (Wildman–Crippen MR) is 94.4 cm³/mol. The Balaban J connectivity index is 2.32. The van der Waals surface area contributed by atoms with Gasteiger partial charge in [-0.1, -0.05) is 23.2 Å². The SMILES string of the molecule is CN(C)C(=O)c1cc(Cl)c(C(=O)Nc2ccnc(Br)c2)c(Cl)c1.